The number of ether oxygens (including phenoxy) is 3. The first-order valence-corrected chi connectivity index (χ1v) is 14.1. The van der Waals surface area contributed by atoms with Gasteiger partial charge in [-0.3, -0.25) is 9.59 Å². The minimum absolute atomic E-state index is 0.0421. The Kier molecular flexibility index (Phi) is 11.4. The first-order valence-electron chi connectivity index (χ1n) is 14.1. The number of anilines is 3. The third-order valence-electron chi connectivity index (χ3n) is 6.30. The summed E-state index contributed by atoms with van der Waals surface area (Å²) in [6.45, 7) is -1.03. The fraction of sp³-hybridized carbons (Fsp3) is 0.414. The van der Waals surface area contributed by atoms with Gasteiger partial charge in [0.15, 0.2) is 6.61 Å². The maximum Gasteiger partial charge on any atom is 0.422 e. The highest BCUT2D eigenvalue weighted by molar-refractivity contribution is 5.98. The Balaban J connectivity index is 1.61. The molecule has 0 radical (unpaired) electrons. The predicted octanol–water partition coefficient (Wildman–Crippen LogP) is 5.09. The number of halogens is 3. The molecule has 0 unspecified atom stereocenters. The molecule has 4 N–H and O–H groups in total. The van der Waals surface area contributed by atoms with Crippen LogP contribution in [-0.4, -0.2) is 64.5 Å². The van der Waals surface area contributed by atoms with E-state index in [1.165, 1.54) is 18.2 Å². The van der Waals surface area contributed by atoms with Gasteiger partial charge in [0, 0.05) is 18.3 Å². The molecule has 1 aromatic heterocycles. The summed E-state index contributed by atoms with van der Waals surface area (Å²) >= 11 is 0. The largest absolute Gasteiger partial charge is 0.494 e. The van der Waals surface area contributed by atoms with Crippen molar-refractivity contribution in [2.24, 2.45) is 0 Å². The highest BCUT2D eigenvalue weighted by atomic mass is 19.4. The van der Waals surface area contributed by atoms with E-state index in [0.29, 0.717) is 18.9 Å². The standard InChI is InChI=1S/C29H33F3N6O6/c30-29(31,32)18-44-28-37-26-34-16-19-7-10-21(11-8-19)42-13-5-3-1-2-4-6-14-43-23-15-20(35-27(36-26)38-28)9-12-22(23)25(41)33-17-24(39)40/h7-12,15H,1-6,13-14,16-18H2,(H,33,41)(H,39,40)(H2,34,35,36,37,38). The lowest BCUT2D eigenvalue weighted by atomic mass is 10.1. The number of carbonyl (C=O) groups excluding carboxylic acids is 1. The smallest absolute Gasteiger partial charge is 0.422 e. The molecule has 15 heteroatoms. The molecule has 5 rings (SSSR count). The number of hydrogen-bond acceptors (Lipinski definition) is 10. The average molecular weight is 619 g/mol. The van der Waals surface area contributed by atoms with Crippen LogP contribution in [0.25, 0.3) is 0 Å². The summed E-state index contributed by atoms with van der Waals surface area (Å²) in [5.74, 6) is -1.10. The summed E-state index contributed by atoms with van der Waals surface area (Å²) in [6.07, 6.45) is 0.985. The molecule has 2 aromatic carbocycles. The Bertz CT molecular complexity index is 1410. The summed E-state index contributed by atoms with van der Waals surface area (Å²) in [6, 6.07) is 11.3. The van der Waals surface area contributed by atoms with Crippen molar-refractivity contribution in [1.82, 2.24) is 20.3 Å². The van der Waals surface area contributed by atoms with Crippen LogP contribution in [0.2, 0.25) is 0 Å². The van der Waals surface area contributed by atoms with Crippen molar-refractivity contribution >= 4 is 29.5 Å². The molecule has 2 aliphatic rings. The first kappa shape index (κ1) is 32.1. The highest BCUT2D eigenvalue weighted by Gasteiger charge is 2.29. The minimum atomic E-state index is -4.61. The van der Waals surface area contributed by atoms with E-state index in [0.717, 1.165) is 49.8 Å². The van der Waals surface area contributed by atoms with Crippen LogP contribution in [0.1, 0.15) is 54.4 Å². The van der Waals surface area contributed by atoms with Crippen LogP contribution >= 0.6 is 0 Å². The molecule has 3 aromatic rings. The highest BCUT2D eigenvalue weighted by Crippen LogP contribution is 2.27. The van der Waals surface area contributed by atoms with Gasteiger partial charge in [0.25, 0.3) is 5.91 Å². The fourth-order valence-corrected chi connectivity index (χ4v) is 4.16. The van der Waals surface area contributed by atoms with Crippen molar-refractivity contribution in [3.63, 3.8) is 0 Å². The van der Waals surface area contributed by atoms with Crippen molar-refractivity contribution in [3.05, 3.63) is 53.6 Å². The Morgan fingerprint density at radius 2 is 1.59 bits per heavy atom. The first-order chi connectivity index (χ1) is 21.1. The lowest BCUT2D eigenvalue weighted by molar-refractivity contribution is -0.154. The van der Waals surface area contributed by atoms with E-state index < -0.39 is 37.2 Å². The molecule has 1 amide bonds. The average Bonchev–Trinajstić information content (AvgIpc) is 2.98. The van der Waals surface area contributed by atoms with E-state index >= 15 is 0 Å². The predicted molar refractivity (Wildman–Crippen MR) is 154 cm³/mol. The van der Waals surface area contributed by atoms with Crippen molar-refractivity contribution in [1.29, 1.82) is 0 Å². The van der Waals surface area contributed by atoms with E-state index in [4.69, 9.17) is 19.3 Å². The zero-order chi connectivity index (χ0) is 31.4. The number of nitrogens with zero attached hydrogens (tertiary/aromatic N) is 3. The zero-order valence-corrected chi connectivity index (χ0v) is 23.8. The van der Waals surface area contributed by atoms with Crippen molar-refractivity contribution < 1.29 is 42.1 Å². The third kappa shape index (κ3) is 10.8. The van der Waals surface area contributed by atoms with Gasteiger partial charge in [0.05, 0.1) is 18.8 Å². The zero-order valence-electron chi connectivity index (χ0n) is 23.8. The van der Waals surface area contributed by atoms with Crippen molar-refractivity contribution in [3.8, 4) is 17.5 Å². The van der Waals surface area contributed by atoms with Gasteiger partial charge in [0.1, 0.15) is 18.0 Å². The van der Waals surface area contributed by atoms with E-state index in [9.17, 15) is 22.8 Å². The number of rotatable bonds is 5. The number of benzene rings is 2. The van der Waals surface area contributed by atoms with Crippen LogP contribution < -0.4 is 30.2 Å². The molecule has 0 saturated heterocycles. The normalized spacial score (nSPS) is 14.6. The van der Waals surface area contributed by atoms with Crippen LogP contribution in [0.3, 0.4) is 0 Å². The molecule has 12 nitrogen and oxygen atoms in total. The van der Waals surface area contributed by atoms with E-state index in [-0.39, 0.29) is 29.8 Å². The summed E-state index contributed by atoms with van der Waals surface area (Å²) in [5.41, 5.74) is 1.31. The van der Waals surface area contributed by atoms with Crippen molar-refractivity contribution in [2.45, 2.75) is 51.2 Å². The maximum absolute atomic E-state index is 12.9. The minimum Gasteiger partial charge on any atom is -0.494 e. The molecule has 0 saturated carbocycles. The lowest BCUT2D eigenvalue weighted by Crippen LogP contribution is -2.29. The maximum atomic E-state index is 12.9. The number of fused-ring (bicyclic) bond motifs is 12. The van der Waals surface area contributed by atoms with Crippen LogP contribution in [0.5, 0.6) is 17.5 Å². The summed E-state index contributed by atoms with van der Waals surface area (Å²) in [7, 11) is 0. The summed E-state index contributed by atoms with van der Waals surface area (Å²) < 4.78 is 55.1. The van der Waals surface area contributed by atoms with E-state index in [1.54, 1.807) is 0 Å². The molecule has 2 aliphatic heterocycles. The summed E-state index contributed by atoms with van der Waals surface area (Å²) in [4.78, 5) is 35.8. The van der Waals surface area contributed by atoms with Crippen LogP contribution in [0.4, 0.5) is 30.8 Å². The number of hydrogen-bond donors (Lipinski definition) is 4. The van der Waals surface area contributed by atoms with Gasteiger partial charge in [0.2, 0.25) is 11.9 Å². The quantitative estimate of drug-likeness (QED) is 0.302. The van der Waals surface area contributed by atoms with E-state index in [1.807, 2.05) is 24.3 Å². The molecule has 3 heterocycles. The van der Waals surface area contributed by atoms with E-state index in [2.05, 4.69) is 30.9 Å². The number of carbonyl (C=O) groups is 2. The van der Waals surface area contributed by atoms with Gasteiger partial charge in [-0.15, -0.1) is 0 Å². The third-order valence-corrected chi connectivity index (χ3v) is 6.30. The Morgan fingerprint density at radius 3 is 2.30 bits per heavy atom. The second-order valence-corrected chi connectivity index (χ2v) is 9.90. The Hall–Kier alpha value is -4.82. The number of carboxylic acid groups (broad SMARTS) is 1. The lowest BCUT2D eigenvalue weighted by Gasteiger charge is -2.15. The van der Waals surface area contributed by atoms with Crippen LogP contribution in [-0.2, 0) is 11.3 Å². The van der Waals surface area contributed by atoms with Gasteiger partial charge in [-0.05, 0) is 42.7 Å². The number of carboxylic acids is 1. The number of alkyl halides is 3. The molecule has 0 aliphatic carbocycles. The number of amides is 1. The molecule has 0 fully saturated rings. The topological polar surface area (TPSA) is 157 Å². The number of aliphatic carboxylic acids is 1. The Morgan fingerprint density at radius 1 is 0.909 bits per heavy atom. The number of nitrogens with one attached hydrogen (secondary N) is 3. The van der Waals surface area contributed by atoms with Gasteiger partial charge < -0.3 is 35.3 Å². The van der Waals surface area contributed by atoms with Gasteiger partial charge in [-0.2, -0.15) is 28.1 Å². The monoisotopic (exact) mass is 618 g/mol. The van der Waals surface area contributed by atoms with Crippen LogP contribution in [0.15, 0.2) is 42.5 Å². The molecule has 0 spiro atoms. The molecule has 0 atom stereocenters. The Labute approximate surface area is 251 Å². The molecule has 236 valence electrons. The SMILES string of the molecule is O=C(O)CNC(=O)c1ccc2cc1OCCCCCCCCOc1ccc(cc1)CNc1nc(nc(OCC(F)(F)F)n1)N2. The van der Waals surface area contributed by atoms with Gasteiger partial charge in [-0.25, -0.2) is 0 Å². The van der Waals surface area contributed by atoms with Crippen LogP contribution in [0, 0.1) is 0 Å². The number of aromatic nitrogens is 3. The second-order valence-electron chi connectivity index (χ2n) is 9.90. The molecular formula is C29H33F3N6O6. The van der Waals surface area contributed by atoms with Gasteiger partial charge >= 0.3 is 18.2 Å². The van der Waals surface area contributed by atoms with Crippen molar-refractivity contribution in [2.75, 3.05) is 37.0 Å². The van der Waals surface area contributed by atoms with Gasteiger partial charge in [-0.1, -0.05) is 37.8 Å². The molecule has 6 bridgehead atoms. The molecule has 44 heavy (non-hydrogen) atoms. The fourth-order valence-electron chi connectivity index (χ4n) is 4.16. The second kappa shape index (κ2) is 15.6. The molecular weight excluding hydrogens is 585 g/mol. The summed E-state index contributed by atoms with van der Waals surface area (Å²) in [5, 5.41) is 17.1.